The van der Waals surface area contributed by atoms with E-state index < -0.39 is 0 Å². The van der Waals surface area contributed by atoms with E-state index in [0.717, 1.165) is 0 Å². The van der Waals surface area contributed by atoms with E-state index in [0.29, 0.717) is 33.4 Å². The summed E-state index contributed by atoms with van der Waals surface area (Å²) >= 11 is 0. The van der Waals surface area contributed by atoms with Crippen LogP contribution >= 0.6 is 8.86 Å². The molecule has 1 aliphatic heterocycles. The number of fused-ring (bicyclic) bond motifs is 3. The van der Waals surface area contributed by atoms with E-state index in [2.05, 4.69) is 15.4 Å². The molecule has 0 atom stereocenters. The fourth-order valence-corrected chi connectivity index (χ4v) is 3.82. The standard InChI is InChI=1S/C18H14N3O2P/c1-7-10-13(18(24)21(7)2)15(20)12-11(14(10)19)16(22)8-5-3-4-6-9(8)17(12)23/h3-6,24H,1,19-20H2,2H3. The molecular weight excluding hydrogens is 321 g/mol. The van der Waals surface area contributed by atoms with E-state index >= 15 is 0 Å². The van der Waals surface area contributed by atoms with Crippen molar-refractivity contribution in [3.63, 3.8) is 0 Å². The first-order valence-corrected chi connectivity index (χ1v) is 7.81. The number of anilines is 2. The van der Waals surface area contributed by atoms with Gasteiger partial charge < -0.3 is 16.4 Å². The second-order valence-corrected chi connectivity index (χ2v) is 6.36. The van der Waals surface area contributed by atoms with Gasteiger partial charge in [-0.1, -0.05) is 39.7 Å². The molecule has 6 heteroatoms. The number of nitrogens with zero attached hydrogens (tertiary/aromatic N) is 1. The van der Waals surface area contributed by atoms with Crippen LogP contribution in [0, 0.1) is 0 Å². The quantitative estimate of drug-likeness (QED) is 0.373. The summed E-state index contributed by atoms with van der Waals surface area (Å²) in [5.41, 5.74) is 16.6. The predicted octanol–water partition coefficient (Wildman–Crippen LogP) is 2.16. The summed E-state index contributed by atoms with van der Waals surface area (Å²) < 4.78 is 0. The monoisotopic (exact) mass is 335 g/mol. The molecule has 4 N–H and O–H groups in total. The minimum absolute atomic E-state index is 0.172. The van der Waals surface area contributed by atoms with E-state index in [1.165, 1.54) is 0 Å². The summed E-state index contributed by atoms with van der Waals surface area (Å²) in [6, 6.07) is 6.70. The normalized spacial score (nSPS) is 15.5. The molecule has 0 saturated heterocycles. The molecule has 2 aromatic rings. The molecule has 0 unspecified atom stereocenters. The lowest BCUT2D eigenvalue weighted by Crippen LogP contribution is -2.25. The smallest absolute Gasteiger partial charge is 0.196 e. The Labute approximate surface area is 140 Å². The van der Waals surface area contributed by atoms with Gasteiger partial charge in [0.1, 0.15) is 0 Å². The maximum absolute atomic E-state index is 12.9. The molecular formula is C18H14N3O2P. The van der Waals surface area contributed by atoms with Crippen molar-refractivity contribution in [1.82, 2.24) is 4.90 Å². The molecule has 0 bridgehead atoms. The number of nitrogen functional groups attached to an aromatic ring is 2. The average molecular weight is 335 g/mol. The fourth-order valence-electron chi connectivity index (χ4n) is 3.42. The SMILES string of the molecule is C=C1c2c(N)c3c(c(N)c2C(=P)N1C)C(=O)c1ccccc1C3=O. The molecule has 0 aromatic heterocycles. The van der Waals surface area contributed by atoms with Crippen molar-refractivity contribution in [3.05, 3.63) is 64.2 Å². The molecule has 0 amide bonds. The minimum Gasteiger partial charge on any atom is -0.398 e. The minimum atomic E-state index is -0.287. The topological polar surface area (TPSA) is 89.4 Å². The van der Waals surface area contributed by atoms with Crippen molar-refractivity contribution in [1.29, 1.82) is 0 Å². The van der Waals surface area contributed by atoms with E-state index in [4.69, 9.17) is 11.5 Å². The highest BCUT2D eigenvalue weighted by Crippen LogP contribution is 2.45. The summed E-state index contributed by atoms with van der Waals surface area (Å²) in [6.07, 6.45) is 0. The van der Waals surface area contributed by atoms with Crippen molar-refractivity contribution < 1.29 is 9.59 Å². The molecule has 0 spiro atoms. The van der Waals surface area contributed by atoms with Crippen LogP contribution in [0.15, 0.2) is 30.8 Å². The Bertz CT molecular complexity index is 943. The van der Waals surface area contributed by atoms with Crippen LogP contribution in [0.4, 0.5) is 11.4 Å². The molecule has 2 aliphatic rings. The Hall–Kier alpha value is -2.91. The first-order valence-electron chi connectivity index (χ1n) is 7.31. The van der Waals surface area contributed by atoms with Crippen LogP contribution in [0.1, 0.15) is 43.0 Å². The van der Waals surface area contributed by atoms with Crippen molar-refractivity contribution in [2.45, 2.75) is 0 Å². The van der Waals surface area contributed by atoms with Crippen LogP contribution in [0.2, 0.25) is 0 Å². The summed E-state index contributed by atoms with van der Waals surface area (Å²) in [5, 5.41) is 0. The molecule has 118 valence electrons. The third-order valence-electron chi connectivity index (χ3n) is 4.71. The predicted molar refractivity (Wildman–Crippen MR) is 97.8 cm³/mol. The highest BCUT2D eigenvalue weighted by atomic mass is 31.0. The van der Waals surface area contributed by atoms with Crippen LogP contribution in [0.5, 0.6) is 0 Å². The third-order valence-corrected chi connectivity index (χ3v) is 5.30. The van der Waals surface area contributed by atoms with Gasteiger partial charge in [0.05, 0.1) is 27.9 Å². The summed E-state index contributed by atoms with van der Waals surface area (Å²) in [6.45, 7) is 4.01. The number of benzene rings is 2. The van der Waals surface area contributed by atoms with Crippen LogP contribution < -0.4 is 11.5 Å². The number of hydrogen-bond donors (Lipinski definition) is 2. The molecule has 0 radical (unpaired) electrons. The average Bonchev–Trinajstić information content (AvgIpc) is 2.80. The molecule has 1 aliphatic carbocycles. The summed E-state index contributed by atoms with van der Waals surface area (Å²) in [4.78, 5) is 27.7. The second-order valence-electron chi connectivity index (χ2n) is 5.89. The molecule has 0 fully saturated rings. The van der Waals surface area contributed by atoms with Crippen molar-refractivity contribution in [3.8, 4) is 0 Å². The molecule has 2 aromatic carbocycles. The van der Waals surface area contributed by atoms with Crippen LogP contribution in [-0.4, -0.2) is 28.9 Å². The Balaban J connectivity index is 2.15. The maximum atomic E-state index is 12.9. The van der Waals surface area contributed by atoms with Gasteiger partial charge in [-0.15, -0.1) is 0 Å². The maximum Gasteiger partial charge on any atom is 0.196 e. The van der Waals surface area contributed by atoms with E-state index in [1.807, 2.05) is 0 Å². The number of rotatable bonds is 0. The third kappa shape index (κ3) is 1.52. The first-order chi connectivity index (χ1) is 11.4. The van der Waals surface area contributed by atoms with Gasteiger partial charge >= 0.3 is 0 Å². The van der Waals surface area contributed by atoms with Gasteiger partial charge in [-0.3, -0.25) is 9.59 Å². The zero-order valence-corrected chi connectivity index (χ0v) is 13.9. The largest absolute Gasteiger partial charge is 0.398 e. The number of carbonyl (C=O) groups excluding carboxylic acids is 2. The highest BCUT2D eigenvalue weighted by Gasteiger charge is 2.39. The Morgan fingerprint density at radius 1 is 0.917 bits per heavy atom. The lowest BCUT2D eigenvalue weighted by molar-refractivity contribution is 0.0980. The summed E-state index contributed by atoms with van der Waals surface area (Å²) in [7, 11) is 5.34. The van der Waals surface area contributed by atoms with Crippen LogP contribution in [0.3, 0.4) is 0 Å². The zero-order valence-electron chi connectivity index (χ0n) is 12.9. The molecule has 0 saturated carbocycles. The van der Waals surface area contributed by atoms with Gasteiger partial charge in [0.25, 0.3) is 0 Å². The van der Waals surface area contributed by atoms with E-state index in [9.17, 15) is 9.59 Å². The van der Waals surface area contributed by atoms with Gasteiger partial charge in [-0.2, -0.15) is 0 Å². The van der Waals surface area contributed by atoms with Gasteiger partial charge in [0.2, 0.25) is 0 Å². The van der Waals surface area contributed by atoms with Crippen LogP contribution in [0.25, 0.3) is 5.70 Å². The van der Waals surface area contributed by atoms with Gasteiger partial charge in [0.15, 0.2) is 11.6 Å². The second kappa shape index (κ2) is 4.56. The number of nitrogens with two attached hydrogens (primary N) is 2. The van der Waals surface area contributed by atoms with Crippen LogP contribution in [-0.2, 0) is 0 Å². The Kier molecular flexibility index (Phi) is 2.78. The number of hydrogen-bond acceptors (Lipinski definition) is 4. The lowest BCUT2D eigenvalue weighted by atomic mass is 9.80. The Morgan fingerprint density at radius 3 is 1.88 bits per heavy atom. The van der Waals surface area contributed by atoms with Crippen molar-refractivity contribution in [2.24, 2.45) is 0 Å². The zero-order chi connectivity index (χ0) is 17.3. The lowest BCUT2D eigenvalue weighted by Gasteiger charge is -2.22. The van der Waals surface area contributed by atoms with Gasteiger partial charge in [-0.25, -0.2) is 0 Å². The first kappa shape index (κ1) is 14.7. The molecule has 24 heavy (non-hydrogen) atoms. The number of ketones is 2. The summed E-state index contributed by atoms with van der Waals surface area (Å²) in [5.74, 6) is -0.572. The molecule has 5 nitrogen and oxygen atoms in total. The fraction of sp³-hybridized carbons (Fsp3) is 0.0556. The van der Waals surface area contributed by atoms with E-state index in [1.54, 1.807) is 36.2 Å². The Morgan fingerprint density at radius 2 is 1.38 bits per heavy atom. The number of carbonyl (C=O) groups is 2. The highest BCUT2D eigenvalue weighted by molar-refractivity contribution is 7.22. The van der Waals surface area contributed by atoms with E-state index in [-0.39, 0.29) is 34.1 Å². The van der Waals surface area contributed by atoms with Crippen molar-refractivity contribution >= 4 is 42.9 Å². The van der Waals surface area contributed by atoms with Crippen molar-refractivity contribution in [2.75, 3.05) is 18.5 Å². The molecule has 4 rings (SSSR count). The van der Waals surface area contributed by atoms with Gasteiger partial charge in [-0.05, 0) is 0 Å². The van der Waals surface area contributed by atoms with Gasteiger partial charge in [0, 0.05) is 35.0 Å². The molecule has 1 heterocycles.